The molecule has 0 radical (unpaired) electrons. The predicted molar refractivity (Wildman–Crippen MR) is 93.6 cm³/mol. The monoisotopic (exact) mass is 349 g/mol. The molecule has 24 heavy (non-hydrogen) atoms. The summed E-state index contributed by atoms with van der Waals surface area (Å²) in [6.07, 6.45) is 1.75. The van der Waals surface area contributed by atoms with Crippen LogP contribution >= 0.6 is 11.8 Å². The fourth-order valence-electron chi connectivity index (χ4n) is 3.10. The molecule has 0 spiro atoms. The number of thioether (sulfide) groups is 1. The van der Waals surface area contributed by atoms with Gasteiger partial charge in [0.05, 0.1) is 11.6 Å². The summed E-state index contributed by atoms with van der Waals surface area (Å²) in [7, 11) is 0. The number of carbonyl (C=O) groups excluding carboxylic acids is 2. The molecule has 8 heteroatoms. The number of rotatable bonds is 3. The van der Waals surface area contributed by atoms with Crippen molar-refractivity contribution in [3.63, 3.8) is 0 Å². The molecule has 0 saturated carbocycles. The number of likely N-dealkylation sites (tertiary alicyclic amines) is 1. The van der Waals surface area contributed by atoms with Gasteiger partial charge in [-0.3, -0.25) is 9.59 Å². The van der Waals surface area contributed by atoms with Crippen molar-refractivity contribution >= 4 is 29.4 Å². The summed E-state index contributed by atoms with van der Waals surface area (Å²) in [5.41, 5.74) is 0.894. The second-order valence-electron chi connectivity index (χ2n) is 6.31. The molecule has 3 rings (SSSR count). The van der Waals surface area contributed by atoms with Gasteiger partial charge in [-0.15, -0.1) is 16.9 Å². The Hall–Kier alpha value is -1.83. The molecule has 1 aromatic heterocycles. The Kier molecular flexibility index (Phi) is 5.23. The smallest absolute Gasteiger partial charge is 0.246 e. The Labute approximate surface area is 146 Å². The average molecular weight is 349 g/mol. The predicted octanol–water partition coefficient (Wildman–Crippen LogP) is 1.11. The van der Waals surface area contributed by atoms with Crippen LogP contribution in [0.25, 0.3) is 0 Å². The van der Waals surface area contributed by atoms with Crippen LogP contribution in [0.4, 0.5) is 5.82 Å². The molecule has 2 aliphatic rings. The Bertz CT molecular complexity index is 601. The number of hydrogen-bond acceptors (Lipinski definition) is 6. The average Bonchev–Trinajstić information content (AvgIpc) is 3.07. The second kappa shape index (κ2) is 7.38. The molecule has 130 valence electrons. The van der Waals surface area contributed by atoms with Crippen molar-refractivity contribution in [3.8, 4) is 0 Å². The van der Waals surface area contributed by atoms with Crippen molar-refractivity contribution in [1.82, 2.24) is 20.0 Å². The van der Waals surface area contributed by atoms with E-state index in [0.717, 1.165) is 24.4 Å². The number of piperidine rings is 1. The first-order chi connectivity index (χ1) is 11.5. The summed E-state index contributed by atoms with van der Waals surface area (Å²) in [6.45, 7) is 4.86. The zero-order chi connectivity index (χ0) is 17.1. The Morgan fingerprint density at radius 2 is 2.00 bits per heavy atom. The summed E-state index contributed by atoms with van der Waals surface area (Å²) >= 11 is 1.64. The van der Waals surface area contributed by atoms with E-state index in [-0.39, 0.29) is 17.9 Å². The number of aromatic nitrogens is 2. The van der Waals surface area contributed by atoms with Gasteiger partial charge in [0.15, 0.2) is 0 Å². The molecule has 2 fully saturated rings. The minimum absolute atomic E-state index is 0.0205. The van der Waals surface area contributed by atoms with Crippen LogP contribution in [0, 0.1) is 6.92 Å². The maximum absolute atomic E-state index is 12.7. The Morgan fingerprint density at radius 1 is 1.25 bits per heavy atom. The van der Waals surface area contributed by atoms with Crippen molar-refractivity contribution in [1.29, 1.82) is 0 Å². The van der Waals surface area contributed by atoms with E-state index in [9.17, 15) is 9.59 Å². The quantitative estimate of drug-likeness (QED) is 0.881. The van der Waals surface area contributed by atoms with Gasteiger partial charge in [-0.1, -0.05) is 0 Å². The van der Waals surface area contributed by atoms with Gasteiger partial charge in [0.25, 0.3) is 0 Å². The highest BCUT2D eigenvalue weighted by molar-refractivity contribution is 7.99. The summed E-state index contributed by atoms with van der Waals surface area (Å²) < 4.78 is 0. The molecule has 2 amide bonds. The normalized spacial score (nSPS) is 21.8. The first-order valence-corrected chi connectivity index (χ1v) is 9.40. The van der Waals surface area contributed by atoms with Gasteiger partial charge in [-0.25, -0.2) is 0 Å². The SMILES string of the molecule is CC(=O)N1CSC[C@@H]1C(=O)N1CCC(Nc2ccc(C)nn2)CC1. The molecule has 1 N–H and O–H groups in total. The van der Waals surface area contributed by atoms with E-state index in [1.807, 2.05) is 24.0 Å². The lowest BCUT2D eigenvalue weighted by molar-refractivity contribution is -0.143. The number of nitrogens with zero attached hydrogens (tertiary/aromatic N) is 4. The van der Waals surface area contributed by atoms with Crippen LogP contribution in [0.5, 0.6) is 0 Å². The first kappa shape index (κ1) is 17.0. The summed E-state index contributed by atoms with van der Waals surface area (Å²) in [5.74, 6) is 2.17. The third-order valence-electron chi connectivity index (χ3n) is 4.53. The largest absolute Gasteiger partial charge is 0.366 e. The van der Waals surface area contributed by atoms with Gasteiger partial charge in [0.2, 0.25) is 11.8 Å². The molecule has 3 heterocycles. The van der Waals surface area contributed by atoms with Gasteiger partial charge in [-0.2, -0.15) is 5.10 Å². The first-order valence-electron chi connectivity index (χ1n) is 8.25. The van der Waals surface area contributed by atoms with Crippen LogP contribution in [0.2, 0.25) is 0 Å². The van der Waals surface area contributed by atoms with Gasteiger partial charge in [0.1, 0.15) is 11.9 Å². The van der Waals surface area contributed by atoms with E-state index in [0.29, 0.717) is 30.8 Å². The van der Waals surface area contributed by atoms with Crippen molar-refractivity contribution in [2.45, 2.75) is 38.8 Å². The molecule has 0 aliphatic carbocycles. The Morgan fingerprint density at radius 3 is 2.62 bits per heavy atom. The van der Waals surface area contributed by atoms with Gasteiger partial charge < -0.3 is 15.1 Å². The number of hydrogen-bond donors (Lipinski definition) is 1. The van der Waals surface area contributed by atoms with E-state index in [1.165, 1.54) is 6.92 Å². The molecule has 1 aromatic rings. The highest BCUT2D eigenvalue weighted by atomic mass is 32.2. The molecular weight excluding hydrogens is 326 g/mol. The molecule has 0 bridgehead atoms. The highest BCUT2D eigenvalue weighted by Gasteiger charge is 2.36. The molecular formula is C16H23N5O2S. The fraction of sp³-hybridized carbons (Fsp3) is 0.625. The minimum atomic E-state index is -0.292. The minimum Gasteiger partial charge on any atom is -0.366 e. The van der Waals surface area contributed by atoms with Crippen LogP contribution in [0.15, 0.2) is 12.1 Å². The number of amides is 2. The molecule has 0 aromatic carbocycles. The van der Waals surface area contributed by atoms with Gasteiger partial charge in [0, 0.05) is 31.8 Å². The van der Waals surface area contributed by atoms with Gasteiger partial charge >= 0.3 is 0 Å². The number of nitrogens with one attached hydrogen (secondary N) is 1. The van der Waals surface area contributed by atoms with Crippen molar-refractivity contribution in [2.24, 2.45) is 0 Å². The topological polar surface area (TPSA) is 78.4 Å². The van der Waals surface area contributed by atoms with Crippen LogP contribution in [0.1, 0.15) is 25.5 Å². The van der Waals surface area contributed by atoms with E-state index >= 15 is 0 Å². The zero-order valence-corrected chi connectivity index (χ0v) is 14.9. The molecule has 7 nitrogen and oxygen atoms in total. The summed E-state index contributed by atoms with van der Waals surface area (Å²) in [6, 6.07) is 3.87. The summed E-state index contributed by atoms with van der Waals surface area (Å²) in [5, 5.41) is 11.6. The fourth-order valence-corrected chi connectivity index (χ4v) is 4.31. The van der Waals surface area contributed by atoms with Gasteiger partial charge in [-0.05, 0) is 31.9 Å². The lowest BCUT2D eigenvalue weighted by Gasteiger charge is -2.35. The van der Waals surface area contributed by atoms with Crippen LogP contribution in [-0.2, 0) is 9.59 Å². The Balaban J connectivity index is 1.52. The van der Waals surface area contributed by atoms with Crippen LogP contribution < -0.4 is 5.32 Å². The highest BCUT2D eigenvalue weighted by Crippen LogP contribution is 2.24. The number of aryl methyl sites for hydroxylation is 1. The van der Waals surface area contributed by atoms with Crippen LogP contribution in [-0.4, -0.2) is 68.6 Å². The van der Waals surface area contributed by atoms with Crippen molar-refractivity contribution < 1.29 is 9.59 Å². The number of carbonyl (C=O) groups is 2. The lowest BCUT2D eigenvalue weighted by atomic mass is 10.0. The van der Waals surface area contributed by atoms with E-state index in [1.54, 1.807) is 16.7 Å². The van der Waals surface area contributed by atoms with E-state index < -0.39 is 0 Å². The molecule has 2 saturated heterocycles. The lowest BCUT2D eigenvalue weighted by Crippen LogP contribution is -2.51. The van der Waals surface area contributed by atoms with E-state index in [4.69, 9.17) is 0 Å². The molecule has 2 aliphatic heterocycles. The third kappa shape index (κ3) is 3.80. The van der Waals surface area contributed by atoms with E-state index in [2.05, 4.69) is 15.5 Å². The third-order valence-corrected chi connectivity index (χ3v) is 5.54. The number of anilines is 1. The maximum atomic E-state index is 12.7. The van der Waals surface area contributed by atoms with Crippen molar-refractivity contribution in [2.75, 3.05) is 30.0 Å². The zero-order valence-electron chi connectivity index (χ0n) is 14.1. The maximum Gasteiger partial charge on any atom is 0.246 e. The van der Waals surface area contributed by atoms with Crippen molar-refractivity contribution in [3.05, 3.63) is 17.8 Å². The summed E-state index contributed by atoms with van der Waals surface area (Å²) in [4.78, 5) is 27.9. The second-order valence-corrected chi connectivity index (χ2v) is 7.31. The van der Waals surface area contributed by atoms with Crippen LogP contribution in [0.3, 0.4) is 0 Å². The standard InChI is InChI=1S/C16H23N5O2S/c1-11-3-4-15(19-18-11)17-13-5-7-20(8-6-13)16(23)14-9-24-10-21(14)12(2)22/h3-4,13-14H,5-10H2,1-2H3,(H,17,19)/t14-/m1/s1. The molecule has 0 unspecified atom stereocenters. The molecule has 1 atom stereocenters.